The van der Waals surface area contributed by atoms with Crippen LogP contribution in [0.3, 0.4) is 0 Å². The minimum Gasteiger partial charge on any atom is -0.254 e. The van der Waals surface area contributed by atoms with E-state index in [0.717, 1.165) is 0 Å². The minimum atomic E-state index is 1.26. The standard InChI is InChI=1S/C6H14N2S/c1-7-9-8-5-3-2-4-6-8/h7H,2-6H2,1H3. The second-order valence-electron chi connectivity index (χ2n) is 2.29. The molecule has 1 saturated heterocycles. The van der Waals surface area contributed by atoms with Gasteiger partial charge in [0, 0.05) is 25.2 Å². The zero-order valence-electron chi connectivity index (χ0n) is 5.89. The Morgan fingerprint density at radius 3 is 2.44 bits per heavy atom. The van der Waals surface area contributed by atoms with Crippen molar-refractivity contribution in [1.29, 1.82) is 0 Å². The molecule has 1 aliphatic heterocycles. The van der Waals surface area contributed by atoms with Crippen LogP contribution in [-0.2, 0) is 0 Å². The second kappa shape index (κ2) is 4.14. The summed E-state index contributed by atoms with van der Waals surface area (Å²) in [5.74, 6) is 0. The highest BCUT2D eigenvalue weighted by Gasteiger charge is 2.08. The molecule has 0 aromatic heterocycles. The van der Waals surface area contributed by atoms with E-state index in [4.69, 9.17) is 0 Å². The molecule has 1 N–H and O–H groups in total. The van der Waals surface area contributed by atoms with Gasteiger partial charge < -0.3 is 0 Å². The topological polar surface area (TPSA) is 15.3 Å². The lowest BCUT2D eigenvalue weighted by Gasteiger charge is -2.23. The van der Waals surface area contributed by atoms with Crippen LogP contribution in [0, 0.1) is 0 Å². The first-order chi connectivity index (χ1) is 4.43. The van der Waals surface area contributed by atoms with Crippen molar-refractivity contribution in [2.75, 3.05) is 20.1 Å². The number of rotatable bonds is 2. The summed E-state index contributed by atoms with van der Waals surface area (Å²) < 4.78 is 5.46. The summed E-state index contributed by atoms with van der Waals surface area (Å²) >= 11 is 1.74. The van der Waals surface area contributed by atoms with Gasteiger partial charge in [0.15, 0.2) is 0 Å². The molecule has 1 heterocycles. The molecule has 0 aromatic rings. The Morgan fingerprint density at radius 1 is 1.22 bits per heavy atom. The molecule has 0 saturated carbocycles. The number of hydrogen-bond donors (Lipinski definition) is 1. The Labute approximate surface area is 61.3 Å². The predicted molar refractivity (Wildman–Crippen MR) is 42.1 cm³/mol. The number of hydrogen-bond acceptors (Lipinski definition) is 3. The zero-order chi connectivity index (χ0) is 6.53. The first-order valence-electron chi connectivity index (χ1n) is 3.52. The maximum atomic E-state index is 3.08. The molecule has 1 rings (SSSR count). The van der Waals surface area contributed by atoms with Crippen molar-refractivity contribution in [2.45, 2.75) is 19.3 Å². The van der Waals surface area contributed by atoms with Gasteiger partial charge >= 0.3 is 0 Å². The van der Waals surface area contributed by atoms with Crippen molar-refractivity contribution in [1.82, 2.24) is 9.03 Å². The number of piperidine rings is 1. The summed E-state index contributed by atoms with van der Waals surface area (Å²) in [5.41, 5.74) is 0. The van der Waals surface area contributed by atoms with Gasteiger partial charge in [0.05, 0.1) is 0 Å². The number of nitrogens with zero attached hydrogens (tertiary/aromatic N) is 1. The summed E-state index contributed by atoms with van der Waals surface area (Å²) in [7, 11) is 1.97. The van der Waals surface area contributed by atoms with Crippen LogP contribution in [0.4, 0.5) is 0 Å². The molecule has 0 amide bonds. The normalized spacial score (nSPS) is 22.3. The highest BCUT2D eigenvalue weighted by molar-refractivity contribution is 7.95. The van der Waals surface area contributed by atoms with Crippen LogP contribution in [0.15, 0.2) is 0 Å². The van der Waals surface area contributed by atoms with Crippen LogP contribution >= 0.6 is 12.1 Å². The van der Waals surface area contributed by atoms with Gasteiger partial charge in [-0.15, -0.1) is 0 Å². The third-order valence-corrected chi connectivity index (χ3v) is 2.34. The van der Waals surface area contributed by atoms with Crippen molar-refractivity contribution in [3.05, 3.63) is 0 Å². The fraction of sp³-hybridized carbons (Fsp3) is 1.00. The second-order valence-corrected chi connectivity index (χ2v) is 3.39. The highest BCUT2D eigenvalue weighted by Crippen LogP contribution is 2.14. The van der Waals surface area contributed by atoms with E-state index in [1.807, 2.05) is 7.05 Å². The maximum absolute atomic E-state index is 3.08. The molecule has 0 aliphatic carbocycles. The van der Waals surface area contributed by atoms with Gasteiger partial charge in [0.2, 0.25) is 0 Å². The lowest BCUT2D eigenvalue weighted by molar-refractivity contribution is 0.379. The van der Waals surface area contributed by atoms with Gasteiger partial charge in [-0.25, -0.2) is 4.31 Å². The van der Waals surface area contributed by atoms with E-state index in [2.05, 4.69) is 9.03 Å². The van der Waals surface area contributed by atoms with E-state index >= 15 is 0 Å². The van der Waals surface area contributed by atoms with Crippen LogP contribution in [0.2, 0.25) is 0 Å². The third kappa shape index (κ3) is 2.56. The Morgan fingerprint density at radius 2 is 1.89 bits per heavy atom. The molecule has 3 heteroatoms. The molecular weight excluding hydrogens is 132 g/mol. The monoisotopic (exact) mass is 146 g/mol. The highest BCUT2D eigenvalue weighted by atomic mass is 32.2. The molecule has 2 nitrogen and oxygen atoms in total. The lowest BCUT2D eigenvalue weighted by atomic mass is 10.2. The van der Waals surface area contributed by atoms with Gasteiger partial charge in [-0.3, -0.25) is 4.72 Å². The Kier molecular flexibility index (Phi) is 3.40. The predicted octanol–water partition coefficient (Wildman–Crippen LogP) is 1.25. The fourth-order valence-corrected chi connectivity index (χ4v) is 1.78. The Balaban J connectivity index is 2.08. The van der Waals surface area contributed by atoms with E-state index in [0.29, 0.717) is 0 Å². The first kappa shape index (κ1) is 7.38. The Bertz CT molecular complexity index is 68.7. The van der Waals surface area contributed by atoms with Gasteiger partial charge in [-0.05, 0) is 19.9 Å². The van der Waals surface area contributed by atoms with Gasteiger partial charge in [0.25, 0.3) is 0 Å². The SMILES string of the molecule is CNSN1CCCCC1. The summed E-state index contributed by atoms with van der Waals surface area (Å²) in [6.07, 6.45) is 4.16. The smallest absolute Gasteiger partial charge is 0.0101 e. The Hall–Kier alpha value is 0.270. The molecule has 0 unspecified atom stereocenters. The molecule has 54 valence electrons. The molecule has 0 atom stereocenters. The molecule has 0 aromatic carbocycles. The van der Waals surface area contributed by atoms with Crippen molar-refractivity contribution >= 4 is 12.1 Å². The molecule has 0 bridgehead atoms. The van der Waals surface area contributed by atoms with Crippen LogP contribution in [0.1, 0.15) is 19.3 Å². The summed E-state index contributed by atoms with van der Waals surface area (Å²) in [4.78, 5) is 0. The first-order valence-corrected chi connectivity index (χ1v) is 4.29. The van der Waals surface area contributed by atoms with Gasteiger partial charge in [-0.2, -0.15) is 0 Å². The van der Waals surface area contributed by atoms with Gasteiger partial charge in [0.1, 0.15) is 0 Å². The van der Waals surface area contributed by atoms with Crippen LogP contribution < -0.4 is 4.72 Å². The molecule has 9 heavy (non-hydrogen) atoms. The number of nitrogens with one attached hydrogen (secondary N) is 1. The average molecular weight is 146 g/mol. The average Bonchev–Trinajstić information content (AvgIpc) is 1.91. The molecule has 1 fully saturated rings. The fourth-order valence-electron chi connectivity index (χ4n) is 1.09. The van der Waals surface area contributed by atoms with Crippen LogP contribution in [0.25, 0.3) is 0 Å². The van der Waals surface area contributed by atoms with Crippen molar-refractivity contribution in [2.24, 2.45) is 0 Å². The quantitative estimate of drug-likeness (QED) is 0.590. The van der Waals surface area contributed by atoms with E-state index in [9.17, 15) is 0 Å². The largest absolute Gasteiger partial charge is 0.254 e. The maximum Gasteiger partial charge on any atom is 0.0101 e. The summed E-state index contributed by atoms with van der Waals surface area (Å²) in [6.45, 7) is 2.51. The third-order valence-electron chi connectivity index (χ3n) is 1.54. The van der Waals surface area contributed by atoms with Crippen LogP contribution in [-0.4, -0.2) is 24.4 Å². The summed E-state index contributed by atoms with van der Waals surface area (Å²) in [6, 6.07) is 0. The van der Waals surface area contributed by atoms with E-state index in [1.54, 1.807) is 12.1 Å². The van der Waals surface area contributed by atoms with Crippen molar-refractivity contribution in [3.8, 4) is 0 Å². The van der Waals surface area contributed by atoms with E-state index < -0.39 is 0 Å². The van der Waals surface area contributed by atoms with Crippen molar-refractivity contribution in [3.63, 3.8) is 0 Å². The summed E-state index contributed by atoms with van der Waals surface area (Å²) in [5, 5.41) is 0. The molecule has 0 radical (unpaired) electrons. The van der Waals surface area contributed by atoms with E-state index in [1.165, 1.54) is 32.4 Å². The molecular formula is C6H14N2S. The van der Waals surface area contributed by atoms with Crippen LogP contribution in [0.5, 0.6) is 0 Å². The van der Waals surface area contributed by atoms with E-state index in [-0.39, 0.29) is 0 Å². The lowest BCUT2D eigenvalue weighted by Crippen LogP contribution is -2.25. The minimum absolute atomic E-state index is 1.26. The molecule has 0 spiro atoms. The zero-order valence-corrected chi connectivity index (χ0v) is 6.71. The van der Waals surface area contributed by atoms with Gasteiger partial charge in [-0.1, -0.05) is 6.42 Å². The van der Waals surface area contributed by atoms with Crippen molar-refractivity contribution < 1.29 is 0 Å². The molecule has 1 aliphatic rings.